The van der Waals surface area contributed by atoms with Crippen molar-refractivity contribution in [2.45, 2.75) is 50.5 Å². The van der Waals surface area contributed by atoms with E-state index in [0.717, 1.165) is 24.2 Å². The largest absolute Gasteiger partial charge is 0.392 e. The van der Waals surface area contributed by atoms with E-state index in [4.69, 9.17) is 5.11 Å². The van der Waals surface area contributed by atoms with Crippen LogP contribution in [0.25, 0.3) is 0 Å². The fourth-order valence-electron chi connectivity index (χ4n) is 1.97. The van der Waals surface area contributed by atoms with Crippen molar-refractivity contribution in [2.75, 3.05) is 0 Å². The Bertz CT molecular complexity index is 463. The molecule has 1 aromatic heterocycles. The van der Waals surface area contributed by atoms with Crippen LogP contribution in [0.1, 0.15) is 39.2 Å². The maximum Gasteiger partial charge on any atom is 0.250 e. The monoisotopic (exact) mass is 291 g/mol. The topological polar surface area (TPSA) is 66.4 Å². The lowest BCUT2D eigenvalue weighted by Crippen LogP contribution is -2.37. The molecule has 4 nitrogen and oxygen atoms in total. The fourth-order valence-corrected chi connectivity index (χ4v) is 4.50. The summed E-state index contributed by atoms with van der Waals surface area (Å²) in [5, 5.41) is 10.6. The molecule has 1 unspecified atom stereocenters. The fraction of sp³-hybridized carbons (Fsp3) is 0.667. The van der Waals surface area contributed by atoms with Gasteiger partial charge in [0.15, 0.2) is 0 Å². The molecule has 0 amide bonds. The zero-order valence-corrected chi connectivity index (χ0v) is 12.6. The maximum absolute atomic E-state index is 12.1. The van der Waals surface area contributed by atoms with Crippen molar-refractivity contribution in [3.63, 3.8) is 0 Å². The molecule has 0 saturated carbocycles. The second-order valence-corrected chi connectivity index (χ2v) is 7.27. The Morgan fingerprint density at radius 2 is 2.00 bits per heavy atom. The molecular weight excluding hydrogens is 270 g/mol. The van der Waals surface area contributed by atoms with Crippen molar-refractivity contribution in [3.8, 4) is 0 Å². The molecule has 0 aliphatic heterocycles. The van der Waals surface area contributed by atoms with Gasteiger partial charge in [0, 0.05) is 6.04 Å². The molecule has 0 spiro atoms. The van der Waals surface area contributed by atoms with Crippen LogP contribution >= 0.6 is 11.3 Å². The molecule has 0 radical (unpaired) electrons. The molecule has 1 aromatic rings. The summed E-state index contributed by atoms with van der Waals surface area (Å²) in [5.74, 6) is 0.344. The van der Waals surface area contributed by atoms with Gasteiger partial charge in [-0.15, -0.1) is 11.3 Å². The molecule has 104 valence electrons. The SMILES string of the molecule is CCC(CC)C(C)NS(=O)(=O)c1cc(CO)cs1. The van der Waals surface area contributed by atoms with Crippen LogP contribution in [0.4, 0.5) is 0 Å². The van der Waals surface area contributed by atoms with E-state index >= 15 is 0 Å². The van der Waals surface area contributed by atoms with Gasteiger partial charge in [-0.25, -0.2) is 13.1 Å². The highest BCUT2D eigenvalue weighted by atomic mass is 32.2. The molecule has 1 heterocycles. The van der Waals surface area contributed by atoms with Crippen LogP contribution in [0.3, 0.4) is 0 Å². The van der Waals surface area contributed by atoms with E-state index in [1.54, 1.807) is 5.38 Å². The van der Waals surface area contributed by atoms with Gasteiger partial charge in [-0.3, -0.25) is 0 Å². The lowest BCUT2D eigenvalue weighted by Gasteiger charge is -2.21. The lowest BCUT2D eigenvalue weighted by molar-refractivity contribution is 0.282. The van der Waals surface area contributed by atoms with Crippen molar-refractivity contribution < 1.29 is 13.5 Å². The first-order valence-corrected chi connectivity index (χ1v) is 8.51. The summed E-state index contributed by atoms with van der Waals surface area (Å²) >= 11 is 1.14. The molecule has 0 aliphatic carbocycles. The van der Waals surface area contributed by atoms with E-state index in [1.165, 1.54) is 6.07 Å². The molecule has 6 heteroatoms. The van der Waals surface area contributed by atoms with Crippen LogP contribution in [-0.2, 0) is 16.6 Å². The first-order chi connectivity index (χ1) is 8.44. The molecule has 0 aliphatic rings. The van der Waals surface area contributed by atoms with Gasteiger partial charge in [-0.1, -0.05) is 26.7 Å². The van der Waals surface area contributed by atoms with E-state index in [2.05, 4.69) is 18.6 Å². The maximum atomic E-state index is 12.1. The van der Waals surface area contributed by atoms with Crippen molar-refractivity contribution >= 4 is 21.4 Å². The molecule has 2 N–H and O–H groups in total. The van der Waals surface area contributed by atoms with E-state index < -0.39 is 10.0 Å². The van der Waals surface area contributed by atoms with Gasteiger partial charge in [0.2, 0.25) is 10.0 Å². The number of rotatable bonds is 7. The predicted molar refractivity (Wildman–Crippen MR) is 74.1 cm³/mol. The highest BCUT2D eigenvalue weighted by Gasteiger charge is 2.23. The lowest BCUT2D eigenvalue weighted by atomic mass is 9.96. The highest BCUT2D eigenvalue weighted by Crippen LogP contribution is 2.22. The van der Waals surface area contributed by atoms with Gasteiger partial charge in [0.1, 0.15) is 4.21 Å². The van der Waals surface area contributed by atoms with Crippen molar-refractivity contribution in [3.05, 3.63) is 17.0 Å². The van der Waals surface area contributed by atoms with E-state index in [1.807, 2.05) is 6.92 Å². The molecule has 1 rings (SSSR count). The smallest absolute Gasteiger partial charge is 0.250 e. The third-order valence-corrected chi connectivity index (χ3v) is 6.22. The first kappa shape index (κ1) is 15.6. The van der Waals surface area contributed by atoms with Crippen LogP contribution in [0.2, 0.25) is 0 Å². The first-order valence-electron chi connectivity index (χ1n) is 6.15. The van der Waals surface area contributed by atoms with Crippen LogP contribution in [-0.4, -0.2) is 19.6 Å². The summed E-state index contributed by atoms with van der Waals surface area (Å²) in [4.78, 5) is 0. The quantitative estimate of drug-likeness (QED) is 0.810. The second kappa shape index (κ2) is 6.65. The summed E-state index contributed by atoms with van der Waals surface area (Å²) < 4.78 is 27.2. The molecule has 1 atom stereocenters. The highest BCUT2D eigenvalue weighted by molar-refractivity contribution is 7.91. The molecule has 0 bridgehead atoms. The summed E-state index contributed by atoms with van der Waals surface area (Å²) in [6.45, 7) is 5.89. The van der Waals surface area contributed by atoms with E-state index in [0.29, 0.717) is 11.5 Å². The second-order valence-electron chi connectivity index (χ2n) is 4.42. The zero-order valence-electron chi connectivity index (χ0n) is 11.0. The minimum absolute atomic E-state index is 0.0790. The van der Waals surface area contributed by atoms with Gasteiger partial charge in [0.05, 0.1) is 6.61 Å². The average molecular weight is 291 g/mol. The van der Waals surface area contributed by atoms with Gasteiger partial charge in [0.25, 0.3) is 0 Å². The molecule has 0 saturated heterocycles. The third kappa shape index (κ3) is 3.78. The average Bonchev–Trinajstić information content (AvgIpc) is 2.79. The summed E-state index contributed by atoms with van der Waals surface area (Å²) in [7, 11) is -3.46. The normalized spacial score (nSPS) is 14.1. The number of nitrogens with one attached hydrogen (secondary N) is 1. The number of thiophene rings is 1. The van der Waals surface area contributed by atoms with Gasteiger partial charge >= 0.3 is 0 Å². The third-order valence-electron chi connectivity index (χ3n) is 3.17. The predicted octanol–water partition coefficient (Wildman–Crippen LogP) is 2.34. The molecule has 0 fully saturated rings. The molecule has 18 heavy (non-hydrogen) atoms. The van der Waals surface area contributed by atoms with Gasteiger partial charge in [-0.05, 0) is 29.9 Å². The number of aliphatic hydroxyl groups excluding tert-OH is 1. The number of aliphatic hydroxyl groups is 1. The van der Waals surface area contributed by atoms with Crippen molar-refractivity contribution in [1.29, 1.82) is 0 Å². The number of hydrogen-bond acceptors (Lipinski definition) is 4. The summed E-state index contributed by atoms with van der Waals surface area (Å²) in [6.07, 6.45) is 1.90. The Morgan fingerprint density at radius 1 is 1.39 bits per heavy atom. The van der Waals surface area contributed by atoms with E-state index in [-0.39, 0.29) is 16.9 Å². The van der Waals surface area contributed by atoms with Crippen LogP contribution in [0, 0.1) is 5.92 Å². The van der Waals surface area contributed by atoms with Crippen molar-refractivity contribution in [2.24, 2.45) is 5.92 Å². The summed E-state index contributed by atoms with van der Waals surface area (Å²) in [5.41, 5.74) is 0.635. The summed E-state index contributed by atoms with van der Waals surface area (Å²) in [6, 6.07) is 1.44. The van der Waals surface area contributed by atoms with Crippen LogP contribution < -0.4 is 4.72 Å². The zero-order chi connectivity index (χ0) is 13.8. The Morgan fingerprint density at radius 3 is 2.44 bits per heavy atom. The van der Waals surface area contributed by atoms with Crippen molar-refractivity contribution in [1.82, 2.24) is 4.72 Å². The molecule has 0 aromatic carbocycles. The number of sulfonamides is 1. The Kier molecular flexibility index (Phi) is 5.78. The van der Waals surface area contributed by atoms with Crippen LogP contribution in [0.5, 0.6) is 0 Å². The van der Waals surface area contributed by atoms with Gasteiger partial charge in [-0.2, -0.15) is 0 Å². The Hall–Kier alpha value is -0.430. The van der Waals surface area contributed by atoms with Gasteiger partial charge < -0.3 is 5.11 Å². The van der Waals surface area contributed by atoms with Crippen LogP contribution in [0.15, 0.2) is 15.7 Å². The standard InChI is InChI=1S/C12H21NO3S2/c1-4-11(5-2)9(3)13-18(15,16)12-6-10(7-14)8-17-12/h6,8-9,11,13-14H,4-5,7H2,1-3H3. The Labute approximate surface area is 113 Å². The number of hydrogen-bond donors (Lipinski definition) is 2. The minimum atomic E-state index is -3.46. The molecular formula is C12H21NO3S2. The minimum Gasteiger partial charge on any atom is -0.392 e. The Balaban J connectivity index is 2.81. The van der Waals surface area contributed by atoms with E-state index in [9.17, 15) is 8.42 Å².